The van der Waals surface area contributed by atoms with E-state index < -0.39 is 11.2 Å². The summed E-state index contributed by atoms with van der Waals surface area (Å²) in [5, 5.41) is 12.4. The van der Waals surface area contributed by atoms with Gasteiger partial charge in [0.15, 0.2) is 0 Å². The molecule has 0 spiro atoms. The Morgan fingerprint density at radius 1 is 1.28 bits per heavy atom. The summed E-state index contributed by atoms with van der Waals surface area (Å²) in [5.41, 5.74) is 2.08. The van der Waals surface area contributed by atoms with Crippen molar-refractivity contribution in [3.05, 3.63) is 64.7 Å². The number of benzene rings is 2. The van der Waals surface area contributed by atoms with Gasteiger partial charge >= 0.3 is 0 Å². The number of nitrogens with one attached hydrogen (secondary N) is 1. The van der Waals surface area contributed by atoms with Gasteiger partial charge in [0.2, 0.25) is 5.91 Å². The fourth-order valence-electron chi connectivity index (χ4n) is 2.94. The first-order chi connectivity index (χ1) is 13.9. The van der Waals surface area contributed by atoms with Gasteiger partial charge in [-0.05, 0) is 62.7 Å². The molecule has 1 atom stereocenters. The third-order valence-electron chi connectivity index (χ3n) is 4.29. The second-order valence-corrected chi connectivity index (χ2v) is 7.81. The summed E-state index contributed by atoms with van der Waals surface area (Å²) in [6.07, 6.45) is 0. The number of carbonyl (C=O) groups is 2. The zero-order valence-electron chi connectivity index (χ0n) is 16.4. The van der Waals surface area contributed by atoms with Crippen LogP contribution in [0.1, 0.15) is 19.4 Å². The summed E-state index contributed by atoms with van der Waals surface area (Å²) in [6.45, 7) is 6.11. The number of nitriles is 1. The standard InChI is InChI=1S/C22H21N3O3S/c1-4-28-18-10-8-17(9-11-18)25-21(27)15(3)29-22(25)19(13-23)20(26)24-16-7-5-6-14(2)12-16/h5-12,15H,4H2,1-3H3,(H,24,26)/b22-19-. The van der Waals surface area contributed by atoms with Crippen LogP contribution in [0.15, 0.2) is 59.1 Å². The van der Waals surface area contributed by atoms with Gasteiger partial charge in [-0.2, -0.15) is 5.26 Å². The summed E-state index contributed by atoms with van der Waals surface area (Å²) in [5.74, 6) is -0.0319. The second kappa shape index (κ2) is 8.84. The molecule has 0 saturated carbocycles. The molecule has 0 aromatic heterocycles. The zero-order valence-corrected chi connectivity index (χ0v) is 17.2. The molecule has 2 amide bonds. The molecule has 1 N–H and O–H groups in total. The van der Waals surface area contributed by atoms with Gasteiger partial charge in [0.25, 0.3) is 5.91 Å². The summed E-state index contributed by atoms with van der Waals surface area (Å²) < 4.78 is 5.44. The molecule has 7 heteroatoms. The topological polar surface area (TPSA) is 82.4 Å². The van der Waals surface area contributed by atoms with Gasteiger partial charge in [-0.25, -0.2) is 0 Å². The van der Waals surface area contributed by atoms with Crippen LogP contribution in [0.25, 0.3) is 0 Å². The number of hydrogen-bond acceptors (Lipinski definition) is 5. The quantitative estimate of drug-likeness (QED) is 0.592. The molecular formula is C22H21N3O3S. The highest BCUT2D eigenvalue weighted by atomic mass is 32.2. The molecule has 0 radical (unpaired) electrons. The lowest BCUT2D eigenvalue weighted by Crippen LogP contribution is -2.29. The lowest BCUT2D eigenvalue weighted by atomic mass is 10.2. The molecule has 1 heterocycles. The second-order valence-electron chi connectivity index (χ2n) is 6.48. The highest BCUT2D eigenvalue weighted by Crippen LogP contribution is 2.40. The molecule has 148 valence electrons. The fraction of sp³-hybridized carbons (Fsp3) is 0.227. The minimum Gasteiger partial charge on any atom is -0.494 e. The van der Waals surface area contributed by atoms with E-state index in [1.54, 1.807) is 37.3 Å². The number of thioether (sulfide) groups is 1. The van der Waals surface area contributed by atoms with E-state index in [1.807, 2.05) is 38.1 Å². The molecule has 0 aliphatic carbocycles. The smallest absolute Gasteiger partial charge is 0.269 e. The van der Waals surface area contributed by atoms with E-state index in [1.165, 1.54) is 16.7 Å². The monoisotopic (exact) mass is 407 g/mol. The normalized spacial score (nSPS) is 17.7. The van der Waals surface area contributed by atoms with E-state index >= 15 is 0 Å². The van der Waals surface area contributed by atoms with Crippen LogP contribution in [0.3, 0.4) is 0 Å². The summed E-state index contributed by atoms with van der Waals surface area (Å²) in [7, 11) is 0. The summed E-state index contributed by atoms with van der Waals surface area (Å²) in [4.78, 5) is 27.0. The Morgan fingerprint density at radius 2 is 2.00 bits per heavy atom. The van der Waals surface area contributed by atoms with Crippen molar-refractivity contribution in [3.8, 4) is 11.8 Å². The predicted molar refractivity (Wildman–Crippen MR) is 115 cm³/mol. The minimum atomic E-state index is -0.543. The molecule has 3 rings (SSSR count). The van der Waals surface area contributed by atoms with E-state index in [0.29, 0.717) is 28.8 Å². The Morgan fingerprint density at radius 3 is 2.62 bits per heavy atom. The molecule has 29 heavy (non-hydrogen) atoms. The van der Waals surface area contributed by atoms with Gasteiger partial charge in [-0.15, -0.1) is 0 Å². The van der Waals surface area contributed by atoms with Crippen molar-refractivity contribution in [2.24, 2.45) is 0 Å². The van der Waals surface area contributed by atoms with E-state index in [2.05, 4.69) is 5.32 Å². The van der Waals surface area contributed by atoms with Crippen LogP contribution in [0.4, 0.5) is 11.4 Å². The highest BCUT2D eigenvalue weighted by molar-refractivity contribution is 8.05. The fourth-order valence-corrected chi connectivity index (χ4v) is 4.04. The molecule has 6 nitrogen and oxygen atoms in total. The van der Waals surface area contributed by atoms with Crippen LogP contribution in [-0.4, -0.2) is 23.7 Å². The van der Waals surface area contributed by atoms with Crippen LogP contribution in [0, 0.1) is 18.3 Å². The van der Waals surface area contributed by atoms with Crippen molar-refractivity contribution in [2.75, 3.05) is 16.8 Å². The van der Waals surface area contributed by atoms with Crippen LogP contribution in [0.2, 0.25) is 0 Å². The zero-order chi connectivity index (χ0) is 21.0. The number of amides is 2. The number of rotatable bonds is 5. The largest absolute Gasteiger partial charge is 0.494 e. The number of nitrogens with zero attached hydrogens (tertiary/aromatic N) is 2. The number of anilines is 2. The summed E-state index contributed by atoms with van der Waals surface area (Å²) >= 11 is 1.21. The maximum atomic E-state index is 12.8. The number of carbonyl (C=O) groups excluding carboxylic acids is 2. The molecule has 1 saturated heterocycles. The van der Waals surface area contributed by atoms with Crippen LogP contribution < -0.4 is 15.0 Å². The SMILES string of the molecule is CCOc1ccc(N2C(=O)C(C)S/C2=C(/C#N)C(=O)Nc2cccc(C)c2)cc1. The predicted octanol–water partition coefficient (Wildman–Crippen LogP) is 4.24. The van der Waals surface area contributed by atoms with E-state index in [9.17, 15) is 14.9 Å². The van der Waals surface area contributed by atoms with Crippen LogP contribution >= 0.6 is 11.8 Å². The first-order valence-electron chi connectivity index (χ1n) is 9.20. The molecule has 1 aliphatic heterocycles. The molecular weight excluding hydrogens is 386 g/mol. The first-order valence-corrected chi connectivity index (χ1v) is 10.1. The lowest BCUT2D eigenvalue weighted by Gasteiger charge is -2.19. The van der Waals surface area contributed by atoms with E-state index in [4.69, 9.17) is 4.74 Å². The van der Waals surface area contributed by atoms with Gasteiger partial charge in [0, 0.05) is 11.4 Å². The Labute approximate surface area is 174 Å². The van der Waals surface area contributed by atoms with Gasteiger partial charge in [0.05, 0.1) is 11.9 Å². The van der Waals surface area contributed by atoms with Gasteiger partial charge < -0.3 is 10.1 Å². The lowest BCUT2D eigenvalue weighted by molar-refractivity contribution is -0.116. The molecule has 1 unspecified atom stereocenters. The Kier molecular flexibility index (Phi) is 6.25. The van der Waals surface area contributed by atoms with Gasteiger partial charge in [0.1, 0.15) is 22.4 Å². The van der Waals surface area contributed by atoms with Crippen molar-refractivity contribution >= 4 is 35.0 Å². The maximum absolute atomic E-state index is 12.8. The van der Waals surface area contributed by atoms with Crippen molar-refractivity contribution in [3.63, 3.8) is 0 Å². The van der Waals surface area contributed by atoms with Gasteiger partial charge in [-0.1, -0.05) is 23.9 Å². The van der Waals surface area contributed by atoms with Crippen molar-refractivity contribution in [1.82, 2.24) is 0 Å². The van der Waals surface area contributed by atoms with Crippen LogP contribution in [-0.2, 0) is 9.59 Å². The average Bonchev–Trinajstić information content (AvgIpc) is 2.98. The highest BCUT2D eigenvalue weighted by Gasteiger charge is 2.38. The molecule has 2 aromatic carbocycles. The Hall–Kier alpha value is -3.24. The third-order valence-corrected chi connectivity index (χ3v) is 5.46. The average molecular weight is 407 g/mol. The molecule has 0 bridgehead atoms. The number of hydrogen-bond donors (Lipinski definition) is 1. The molecule has 2 aromatic rings. The first kappa shape index (κ1) is 20.5. The van der Waals surface area contributed by atoms with Crippen molar-refractivity contribution in [2.45, 2.75) is 26.0 Å². The number of ether oxygens (including phenoxy) is 1. The molecule has 1 aliphatic rings. The van der Waals surface area contributed by atoms with Crippen molar-refractivity contribution in [1.29, 1.82) is 5.26 Å². The van der Waals surface area contributed by atoms with Crippen LogP contribution in [0.5, 0.6) is 5.75 Å². The van der Waals surface area contributed by atoms with Gasteiger partial charge in [-0.3, -0.25) is 14.5 Å². The van der Waals surface area contributed by atoms with Crippen molar-refractivity contribution < 1.29 is 14.3 Å². The number of aryl methyl sites for hydroxylation is 1. The van der Waals surface area contributed by atoms with E-state index in [-0.39, 0.29) is 11.5 Å². The van der Waals surface area contributed by atoms with E-state index in [0.717, 1.165) is 5.56 Å². The summed E-state index contributed by atoms with van der Waals surface area (Å²) in [6, 6.07) is 16.3. The molecule has 1 fully saturated rings. The Balaban J connectivity index is 1.96. The maximum Gasteiger partial charge on any atom is 0.269 e. The Bertz CT molecular complexity index is 1010. The minimum absolute atomic E-state index is 0.0944. The third kappa shape index (κ3) is 4.44.